The molecule has 0 aliphatic rings. The number of aromatic nitrogens is 4. The van der Waals surface area contributed by atoms with Crippen LogP contribution in [0.25, 0.3) is 11.0 Å². The van der Waals surface area contributed by atoms with Gasteiger partial charge in [0.25, 0.3) is 11.8 Å². The third kappa shape index (κ3) is 3.21. The molecule has 140 valence electrons. The smallest absolute Gasteiger partial charge is 0.281 e. The predicted octanol–water partition coefficient (Wildman–Crippen LogP) is 2.89. The van der Waals surface area contributed by atoms with Gasteiger partial charge in [0.1, 0.15) is 5.69 Å². The zero-order valence-electron chi connectivity index (χ0n) is 14.5. The van der Waals surface area contributed by atoms with Crippen LogP contribution in [0.1, 0.15) is 26.5 Å². The van der Waals surface area contributed by atoms with Gasteiger partial charge in [0, 0.05) is 5.02 Å². The Morgan fingerprint density at radius 1 is 1.11 bits per heavy atom. The number of anilines is 1. The molecule has 2 amide bonds. The van der Waals surface area contributed by atoms with Gasteiger partial charge in [-0.05, 0) is 23.8 Å². The third-order valence-corrected chi connectivity index (χ3v) is 4.62. The first-order valence-electron chi connectivity index (χ1n) is 8.38. The molecule has 28 heavy (non-hydrogen) atoms. The molecule has 2 aromatic carbocycles. The Balaban J connectivity index is 1.81. The highest BCUT2D eigenvalue weighted by Gasteiger charge is 2.27. The second-order valence-corrected chi connectivity index (χ2v) is 6.46. The van der Waals surface area contributed by atoms with E-state index in [4.69, 9.17) is 17.3 Å². The van der Waals surface area contributed by atoms with E-state index in [9.17, 15) is 9.59 Å². The lowest BCUT2D eigenvalue weighted by atomic mass is 10.2. The topological polar surface area (TPSA) is 121 Å². The van der Waals surface area contributed by atoms with E-state index in [0.29, 0.717) is 22.1 Å². The first-order valence-corrected chi connectivity index (χ1v) is 8.75. The van der Waals surface area contributed by atoms with Crippen LogP contribution < -0.4 is 10.6 Å². The number of benzene rings is 2. The summed E-state index contributed by atoms with van der Waals surface area (Å²) in [4.78, 5) is 40.5. The minimum absolute atomic E-state index is 0.0646. The second kappa shape index (κ2) is 7.16. The minimum Gasteiger partial charge on any atom is -0.364 e. The second-order valence-electron chi connectivity index (χ2n) is 6.05. The van der Waals surface area contributed by atoms with Crippen LogP contribution in [0.5, 0.6) is 0 Å². The summed E-state index contributed by atoms with van der Waals surface area (Å²) >= 11 is 6.28. The van der Waals surface area contributed by atoms with Crippen molar-refractivity contribution in [2.24, 2.45) is 5.73 Å². The van der Waals surface area contributed by atoms with E-state index in [0.717, 1.165) is 5.52 Å². The number of amides is 2. The van der Waals surface area contributed by atoms with Gasteiger partial charge >= 0.3 is 0 Å². The van der Waals surface area contributed by atoms with Crippen molar-refractivity contribution in [2.75, 3.05) is 4.90 Å². The monoisotopic (exact) mass is 394 g/mol. The molecule has 0 bridgehead atoms. The number of nitrogens with one attached hydrogen (secondary N) is 2. The third-order valence-electron chi connectivity index (χ3n) is 4.25. The van der Waals surface area contributed by atoms with Crippen molar-refractivity contribution in [1.82, 2.24) is 19.9 Å². The number of carbonyl (C=O) groups excluding carboxylic acids is 2. The molecule has 2 aromatic heterocycles. The Morgan fingerprint density at radius 2 is 1.86 bits per heavy atom. The maximum absolute atomic E-state index is 13.3. The van der Waals surface area contributed by atoms with Crippen molar-refractivity contribution in [3.05, 3.63) is 76.8 Å². The van der Waals surface area contributed by atoms with E-state index in [2.05, 4.69) is 19.9 Å². The van der Waals surface area contributed by atoms with E-state index in [1.54, 1.807) is 12.1 Å². The Hall–Kier alpha value is -3.65. The molecule has 4 aromatic rings. The Morgan fingerprint density at radius 3 is 2.61 bits per heavy atom. The van der Waals surface area contributed by atoms with Crippen molar-refractivity contribution in [3.63, 3.8) is 0 Å². The number of rotatable bonds is 5. The summed E-state index contributed by atoms with van der Waals surface area (Å²) < 4.78 is 0. The highest BCUT2D eigenvalue weighted by atomic mass is 35.5. The van der Waals surface area contributed by atoms with Crippen LogP contribution in [-0.2, 0) is 6.54 Å². The fourth-order valence-corrected chi connectivity index (χ4v) is 3.07. The normalized spacial score (nSPS) is 10.9. The number of nitrogens with two attached hydrogens (primary N) is 1. The van der Waals surface area contributed by atoms with E-state index >= 15 is 0 Å². The first-order chi connectivity index (χ1) is 13.5. The fourth-order valence-electron chi connectivity index (χ4n) is 2.88. The molecule has 9 heteroatoms. The van der Waals surface area contributed by atoms with Crippen LogP contribution in [0.3, 0.4) is 0 Å². The van der Waals surface area contributed by atoms with Crippen molar-refractivity contribution >= 4 is 40.4 Å². The van der Waals surface area contributed by atoms with Crippen molar-refractivity contribution in [1.29, 1.82) is 0 Å². The maximum atomic E-state index is 13.3. The van der Waals surface area contributed by atoms with Gasteiger partial charge in [-0.3, -0.25) is 14.5 Å². The number of imidazole rings is 2. The molecule has 0 spiro atoms. The molecular formula is C19H15ClN6O2. The average Bonchev–Trinajstić information content (AvgIpc) is 3.33. The number of primary amides is 1. The van der Waals surface area contributed by atoms with Gasteiger partial charge in [0.15, 0.2) is 5.69 Å². The number of carbonyl (C=O) groups is 2. The van der Waals surface area contributed by atoms with E-state index in [-0.39, 0.29) is 17.9 Å². The van der Waals surface area contributed by atoms with Crippen LogP contribution in [0.15, 0.2) is 54.9 Å². The molecule has 4 rings (SSSR count). The molecule has 0 fully saturated rings. The van der Waals surface area contributed by atoms with Crippen LogP contribution in [0.2, 0.25) is 5.02 Å². The number of aromatic amines is 2. The van der Waals surface area contributed by atoms with Gasteiger partial charge < -0.3 is 15.7 Å². The molecule has 0 saturated heterocycles. The number of H-pyrrole nitrogens is 2. The highest BCUT2D eigenvalue weighted by Crippen LogP contribution is 2.24. The highest BCUT2D eigenvalue weighted by molar-refractivity contribution is 6.31. The summed E-state index contributed by atoms with van der Waals surface area (Å²) in [6.45, 7) is 0.128. The van der Waals surface area contributed by atoms with Gasteiger partial charge in [-0.15, -0.1) is 0 Å². The van der Waals surface area contributed by atoms with Gasteiger partial charge in [-0.25, -0.2) is 9.97 Å². The minimum atomic E-state index is -0.775. The Bertz CT molecular complexity index is 1150. The lowest BCUT2D eigenvalue weighted by Gasteiger charge is -2.20. The summed E-state index contributed by atoms with van der Waals surface area (Å²) in [7, 11) is 0. The quantitative estimate of drug-likeness (QED) is 0.481. The van der Waals surface area contributed by atoms with E-state index in [1.165, 1.54) is 11.2 Å². The molecule has 0 unspecified atom stereocenters. The van der Waals surface area contributed by atoms with Crippen LogP contribution >= 0.6 is 11.6 Å². The maximum Gasteiger partial charge on any atom is 0.281 e. The van der Waals surface area contributed by atoms with E-state index in [1.807, 2.05) is 36.4 Å². The van der Waals surface area contributed by atoms with Gasteiger partial charge in [0.05, 0.1) is 23.9 Å². The van der Waals surface area contributed by atoms with Crippen LogP contribution in [0.4, 0.5) is 5.95 Å². The standard InChI is InChI=1S/C19H15ClN6O2/c20-12-6-2-1-5-11(12)9-26(18(28)16-15(17(21)27)22-10-23-16)19-24-13-7-3-4-8-14(13)25-19/h1-8,10H,9H2,(H2,21,27)(H,22,23)(H,24,25). The molecular weight excluding hydrogens is 380 g/mol. The van der Waals surface area contributed by atoms with Gasteiger partial charge in [0.2, 0.25) is 5.95 Å². The molecule has 0 aliphatic heterocycles. The van der Waals surface area contributed by atoms with E-state index < -0.39 is 11.8 Å². The van der Waals surface area contributed by atoms with Crippen LogP contribution in [0, 0.1) is 0 Å². The van der Waals surface area contributed by atoms with Gasteiger partial charge in [-0.2, -0.15) is 0 Å². The predicted molar refractivity (Wildman–Crippen MR) is 105 cm³/mol. The summed E-state index contributed by atoms with van der Waals surface area (Å²) in [6, 6.07) is 14.6. The molecule has 2 heterocycles. The number of halogens is 1. The molecule has 0 radical (unpaired) electrons. The van der Waals surface area contributed by atoms with Crippen molar-refractivity contribution < 1.29 is 9.59 Å². The Kier molecular flexibility index (Phi) is 4.54. The molecule has 8 nitrogen and oxygen atoms in total. The number of hydrogen-bond donors (Lipinski definition) is 3. The zero-order chi connectivity index (χ0) is 19.7. The number of fused-ring (bicyclic) bond motifs is 1. The summed E-state index contributed by atoms with van der Waals surface area (Å²) in [6.07, 6.45) is 1.25. The molecule has 4 N–H and O–H groups in total. The summed E-state index contributed by atoms with van der Waals surface area (Å²) in [5.74, 6) is -0.998. The number of nitrogens with zero attached hydrogens (tertiary/aromatic N) is 3. The number of hydrogen-bond acceptors (Lipinski definition) is 4. The lowest BCUT2D eigenvalue weighted by Crippen LogP contribution is -2.33. The SMILES string of the molecule is NC(=O)c1[nH]cnc1C(=O)N(Cc1ccccc1Cl)c1nc2ccccc2[nH]1. The average molecular weight is 395 g/mol. The summed E-state index contributed by atoms with van der Waals surface area (Å²) in [5, 5.41) is 0.508. The number of para-hydroxylation sites is 2. The van der Waals surface area contributed by atoms with Crippen LogP contribution in [-0.4, -0.2) is 31.8 Å². The molecule has 0 aliphatic carbocycles. The molecule has 0 saturated carbocycles. The van der Waals surface area contributed by atoms with Crippen molar-refractivity contribution in [3.8, 4) is 0 Å². The van der Waals surface area contributed by atoms with Crippen molar-refractivity contribution in [2.45, 2.75) is 6.54 Å². The fraction of sp³-hybridized carbons (Fsp3) is 0.0526. The van der Waals surface area contributed by atoms with Gasteiger partial charge in [-0.1, -0.05) is 41.9 Å². The first kappa shape index (κ1) is 17.7. The lowest BCUT2D eigenvalue weighted by molar-refractivity contribution is 0.0953. The summed E-state index contributed by atoms with van der Waals surface area (Å²) in [5.41, 5.74) is 7.39. The molecule has 0 atom stereocenters. The largest absolute Gasteiger partial charge is 0.364 e. The zero-order valence-corrected chi connectivity index (χ0v) is 15.3. The Labute approximate surface area is 164 Å².